The zero-order chi connectivity index (χ0) is 14.1. The van der Waals surface area contributed by atoms with Gasteiger partial charge in [0.05, 0.1) is 21.3 Å². The molecule has 0 saturated carbocycles. The Morgan fingerprint density at radius 2 is 0.789 bits per heavy atom. The number of aryl methyl sites for hydroxylation is 1. The van der Waals surface area contributed by atoms with Gasteiger partial charge in [0, 0.05) is 0 Å². The maximum absolute atomic E-state index is 4.97. The normalized spacial score (nSPS) is 9.05. The van der Waals surface area contributed by atoms with Crippen molar-refractivity contribution in [3.8, 4) is 17.2 Å². The molecular formula is C16H20O3. The van der Waals surface area contributed by atoms with Gasteiger partial charge in [-0.25, -0.2) is 0 Å². The van der Waals surface area contributed by atoms with Gasteiger partial charge in [0.2, 0.25) is 0 Å². The molecule has 2 aromatic rings. The van der Waals surface area contributed by atoms with E-state index >= 15 is 0 Å². The maximum Gasteiger partial charge on any atom is 0.119 e. The van der Waals surface area contributed by atoms with Crippen LogP contribution in [0.5, 0.6) is 17.2 Å². The predicted octanol–water partition coefficient (Wildman–Crippen LogP) is 3.71. The van der Waals surface area contributed by atoms with E-state index in [2.05, 4.69) is 6.92 Å². The monoisotopic (exact) mass is 260 g/mol. The highest BCUT2D eigenvalue weighted by Crippen LogP contribution is 2.15. The molecule has 2 rings (SSSR count). The van der Waals surface area contributed by atoms with Crippen molar-refractivity contribution in [1.29, 1.82) is 0 Å². The highest BCUT2D eigenvalue weighted by atomic mass is 16.5. The molecule has 0 spiro atoms. The minimum atomic E-state index is 0.848. The number of methoxy groups -OCH3 is 3. The lowest BCUT2D eigenvalue weighted by molar-refractivity contribution is 0.403. The SMILES string of the molecule is COc1ccc(C)cc1.COc1ccc(OC)cc1. The van der Waals surface area contributed by atoms with E-state index in [1.807, 2.05) is 48.5 Å². The van der Waals surface area contributed by atoms with Crippen molar-refractivity contribution in [3.63, 3.8) is 0 Å². The molecule has 0 aliphatic heterocycles. The van der Waals surface area contributed by atoms with E-state index in [1.165, 1.54) is 5.56 Å². The minimum Gasteiger partial charge on any atom is -0.497 e. The summed E-state index contributed by atoms with van der Waals surface area (Å²) in [5, 5.41) is 0. The first-order chi connectivity index (χ1) is 9.19. The number of rotatable bonds is 3. The van der Waals surface area contributed by atoms with Gasteiger partial charge in [0.15, 0.2) is 0 Å². The van der Waals surface area contributed by atoms with E-state index in [0.717, 1.165) is 17.2 Å². The maximum atomic E-state index is 4.97. The lowest BCUT2D eigenvalue weighted by Crippen LogP contribution is -1.83. The second kappa shape index (κ2) is 8.03. The Kier molecular flexibility index (Phi) is 6.30. The molecule has 0 unspecified atom stereocenters. The van der Waals surface area contributed by atoms with Gasteiger partial charge in [-0.3, -0.25) is 0 Å². The quantitative estimate of drug-likeness (QED) is 0.842. The predicted molar refractivity (Wildman–Crippen MR) is 77.3 cm³/mol. The largest absolute Gasteiger partial charge is 0.497 e. The molecule has 0 fully saturated rings. The fourth-order valence-corrected chi connectivity index (χ4v) is 1.39. The number of ether oxygens (including phenoxy) is 3. The Labute approximate surface area is 114 Å². The van der Waals surface area contributed by atoms with E-state index in [1.54, 1.807) is 21.3 Å². The standard InChI is InChI=1S/C8H10O2.C8H10O/c1-9-7-3-5-8(10-2)6-4-7;1-7-3-5-8(9-2)6-4-7/h3-6H,1-2H3;3-6H,1-2H3. The Bertz CT molecular complexity index is 437. The van der Waals surface area contributed by atoms with Crippen LogP contribution in [0.4, 0.5) is 0 Å². The third-order valence-electron chi connectivity index (χ3n) is 2.55. The highest BCUT2D eigenvalue weighted by molar-refractivity contribution is 5.30. The lowest BCUT2D eigenvalue weighted by Gasteiger charge is -2.00. The molecular weight excluding hydrogens is 240 g/mol. The first kappa shape index (κ1) is 14.9. The third kappa shape index (κ3) is 5.34. The molecule has 3 nitrogen and oxygen atoms in total. The lowest BCUT2D eigenvalue weighted by atomic mass is 10.2. The average molecular weight is 260 g/mol. The molecule has 0 heterocycles. The Morgan fingerprint density at radius 3 is 1.05 bits per heavy atom. The summed E-state index contributed by atoms with van der Waals surface area (Å²) in [6.07, 6.45) is 0. The molecule has 0 bridgehead atoms. The molecule has 0 radical (unpaired) electrons. The van der Waals surface area contributed by atoms with Gasteiger partial charge in [0.25, 0.3) is 0 Å². The molecule has 0 aliphatic carbocycles. The topological polar surface area (TPSA) is 27.7 Å². The molecule has 0 saturated heterocycles. The summed E-state index contributed by atoms with van der Waals surface area (Å²) < 4.78 is 14.9. The van der Waals surface area contributed by atoms with E-state index in [0.29, 0.717) is 0 Å². The van der Waals surface area contributed by atoms with E-state index in [4.69, 9.17) is 14.2 Å². The van der Waals surface area contributed by atoms with Crippen LogP contribution < -0.4 is 14.2 Å². The van der Waals surface area contributed by atoms with Gasteiger partial charge >= 0.3 is 0 Å². The van der Waals surface area contributed by atoms with Gasteiger partial charge in [-0.2, -0.15) is 0 Å². The van der Waals surface area contributed by atoms with Crippen LogP contribution in [-0.4, -0.2) is 21.3 Å². The van der Waals surface area contributed by atoms with Crippen molar-refractivity contribution >= 4 is 0 Å². The summed E-state index contributed by atoms with van der Waals surface area (Å²) in [5.74, 6) is 2.61. The zero-order valence-electron chi connectivity index (χ0n) is 11.8. The van der Waals surface area contributed by atoms with Crippen molar-refractivity contribution in [2.45, 2.75) is 6.92 Å². The minimum absolute atomic E-state index is 0.848. The van der Waals surface area contributed by atoms with Crippen LogP contribution in [0.3, 0.4) is 0 Å². The van der Waals surface area contributed by atoms with Crippen molar-refractivity contribution in [1.82, 2.24) is 0 Å². The summed E-state index contributed by atoms with van der Waals surface area (Å²) in [4.78, 5) is 0. The van der Waals surface area contributed by atoms with Gasteiger partial charge in [-0.1, -0.05) is 17.7 Å². The van der Waals surface area contributed by atoms with Crippen molar-refractivity contribution in [3.05, 3.63) is 54.1 Å². The molecule has 19 heavy (non-hydrogen) atoms. The van der Waals surface area contributed by atoms with Gasteiger partial charge in [-0.15, -0.1) is 0 Å². The zero-order valence-corrected chi connectivity index (χ0v) is 11.8. The second-order valence-corrected chi connectivity index (χ2v) is 3.90. The smallest absolute Gasteiger partial charge is 0.119 e. The first-order valence-electron chi connectivity index (χ1n) is 5.98. The fourth-order valence-electron chi connectivity index (χ4n) is 1.39. The summed E-state index contributed by atoms with van der Waals surface area (Å²) in [7, 11) is 4.95. The molecule has 102 valence electrons. The Hall–Kier alpha value is -2.16. The molecule has 0 atom stereocenters. The summed E-state index contributed by atoms with van der Waals surface area (Å²) in [6.45, 7) is 2.06. The first-order valence-corrected chi connectivity index (χ1v) is 5.98. The number of hydrogen-bond acceptors (Lipinski definition) is 3. The Balaban J connectivity index is 0.000000191. The van der Waals surface area contributed by atoms with Gasteiger partial charge < -0.3 is 14.2 Å². The van der Waals surface area contributed by atoms with E-state index in [-0.39, 0.29) is 0 Å². The highest BCUT2D eigenvalue weighted by Gasteiger charge is 1.90. The van der Waals surface area contributed by atoms with E-state index in [9.17, 15) is 0 Å². The average Bonchev–Trinajstić information content (AvgIpc) is 2.49. The summed E-state index contributed by atoms with van der Waals surface area (Å²) in [5.41, 5.74) is 1.26. The van der Waals surface area contributed by atoms with Crippen molar-refractivity contribution < 1.29 is 14.2 Å². The number of benzene rings is 2. The van der Waals surface area contributed by atoms with Crippen LogP contribution in [0.15, 0.2) is 48.5 Å². The van der Waals surface area contributed by atoms with Crippen LogP contribution in [0.1, 0.15) is 5.56 Å². The van der Waals surface area contributed by atoms with Crippen molar-refractivity contribution in [2.75, 3.05) is 21.3 Å². The van der Waals surface area contributed by atoms with E-state index < -0.39 is 0 Å². The van der Waals surface area contributed by atoms with Crippen LogP contribution in [0.25, 0.3) is 0 Å². The molecule has 2 aromatic carbocycles. The molecule has 0 N–H and O–H groups in total. The second-order valence-electron chi connectivity index (χ2n) is 3.90. The molecule has 0 aliphatic rings. The van der Waals surface area contributed by atoms with Gasteiger partial charge in [0.1, 0.15) is 17.2 Å². The number of hydrogen-bond donors (Lipinski definition) is 0. The fraction of sp³-hybridized carbons (Fsp3) is 0.250. The van der Waals surface area contributed by atoms with Crippen molar-refractivity contribution in [2.24, 2.45) is 0 Å². The summed E-state index contributed by atoms with van der Waals surface area (Å²) >= 11 is 0. The van der Waals surface area contributed by atoms with Gasteiger partial charge in [-0.05, 0) is 43.3 Å². The van der Waals surface area contributed by atoms with Crippen LogP contribution in [-0.2, 0) is 0 Å². The Morgan fingerprint density at radius 1 is 0.526 bits per heavy atom. The van der Waals surface area contributed by atoms with Crippen LogP contribution >= 0.6 is 0 Å². The third-order valence-corrected chi connectivity index (χ3v) is 2.55. The molecule has 0 aromatic heterocycles. The van der Waals surface area contributed by atoms with Crippen LogP contribution in [0, 0.1) is 6.92 Å². The molecule has 3 heteroatoms. The summed E-state index contributed by atoms with van der Waals surface area (Å²) in [6, 6.07) is 15.4. The van der Waals surface area contributed by atoms with Crippen LogP contribution in [0.2, 0.25) is 0 Å². The molecule has 0 amide bonds.